The molecular formula is C29H31N. The van der Waals surface area contributed by atoms with E-state index in [1.807, 2.05) is 0 Å². The molecule has 0 radical (unpaired) electrons. The molecule has 2 unspecified atom stereocenters. The monoisotopic (exact) mass is 393 g/mol. The van der Waals surface area contributed by atoms with Crippen LogP contribution in [-0.4, -0.2) is 13.1 Å². The van der Waals surface area contributed by atoms with E-state index in [9.17, 15) is 0 Å². The topological polar surface area (TPSA) is 12.0 Å². The molecule has 0 aromatic heterocycles. The molecule has 3 aromatic rings. The highest BCUT2D eigenvalue weighted by atomic mass is 14.9. The lowest BCUT2D eigenvalue weighted by atomic mass is 9.72. The van der Waals surface area contributed by atoms with Gasteiger partial charge in [-0.1, -0.05) is 78.9 Å². The largest absolute Gasteiger partial charge is 0.316 e. The molecule has 1 N–H and O–H groups in total. The van der Waals surface area contributed by atoms with Gasteiger partial charge in [0.25, 0.3) is 0 Å². The van der Waals surface area contributed by atoms with Gasteiger partial charge in [-0.2, -0.15) is 0 Å². The second kappa shape index (κ2) is 7.39. The van der Waals surface area contributed by atoms with Crippen LogP contribution in [0.1, 0.15) is 59.4 Å². The molecule has 3 aliphatic rings. The zero-order chi connectivity index (χ0) is 20.0. The average Bonchev–Trinajstić information content (AvgIpc) is 3.32. The summed E-state index contributed by atoms with van der Waals surface area (Å²) < 4.78 is 0. The van der Waals surface area contributed by atoms with Crippen molar-refractivity contribution in [1.29, 1.82) is 0 Å². The van der Waals surface area contributed by atoms with Gasteiger partial charge in [0.1, 0.15) is 0 Å². The van der Waals surface area contributed by atoms with Gasteiger partial charge in [-0.15, -0.1) is 0 Å². The first-order valence-corrected chi connectivity index (χ1v) is 11.8. The Labute approximate surface area is 180 Å². The van der Waals surface area contributed by atoms with Crippen molar-refractivity contribution < 1.29 is 0 Å². The molecule has 2 atom stereocenters. The Hall–Kier alpha value is -2.38. The third-order valence-electron chi connectivity index (χ3n) is 8.03. The Morgan fingerprint density at radius 3 is 2.17 bits per heavy atom. The minimum atomic E-state index is 0.259. The molecule has 1 fully saturated rings. The summed E-state index contributed by atoms with van der Waals surface area (Å²) in [6.07, 6.45) is 6.46. The number of hydrogen-bond donors (Lipinski definition) is 1. The number of nitrogens with one attached hydrogen (secondary N) is 1. The quantitative estimate of drug-likeness (QED) is 0.458. The summed E-state index contributed by atoms with van der Waals surface area (Å²) in [4.78, 5) is 0. The van der Waals surface area contributed by atoms with Crippen LogP contribution in [0.4, 0.5) is 0 Å². The normalized spacial score (nSPS) is 27.7. The molecule has 0 amide bonds. The van der Waals surface area contributed by atoms with Crippen molar-refractivity contribution in [2.24, 2.45) is 11.8 Å². The molecule has 0 saturated heterocycles. The first kappa shape index (κ1) is 18.4. The SMILES string of the molecule is c1ccc(CC2CC2CNCCCC23CC(c4ccccc42)c2ccccc23)cc1. The van der Waals surface area contributed by atoms with Gasteiger partial charge in [-0.3, -0.25) is 0 Å². The van der Waals surface area contributed by atoms with Gasteiger partial charge in [-0.25, -0.2) is 0 Å². The summed E-state index contributed by atoms with van der Waals surface area (Å²) in [5.41, 5.74) is 8.16. The van der Waals surface area contributed by atoms with Crippen molar-refractivity contribution >= 4 is 0 Å². The second-order valence-corrected chi connectivity index (χ2v) is 9.77. The zero-order valence-electron chi connectivity index (χ0n) is 17.7. The number of fused-ring (bicyclic) bond motifs is 8. The van der Waals surface area contributed by atoms with E-state index in [2.05, 4.69) is 84.2 Å². The molecule has 1 heteroatoms. The zero-order valence-corrected chi connectivity index (χ0v) is 17.7. The standard InChI is InChI=1S/C29H31N/c1-2-9-21(10-3-1)17-22-18-23(22)20-30-16-8-15-29-19-26(24-11-4-6-13-27(24)29)25-12-5-7-14-28(25)29/h1-7,9-14,22-23,26,30H,8,15-20H2. The van der Waals surface area contributed by atoms with Gasteiger partial charge in [0, 0.05) is 11.3 Å². The lowest BCUT2D eigenvalue weighted by Crippen LogP contribution is -2.26. The fraction of sp³-hybridized carbons (Fsp3) is 0.379. The highest BCUT2D eigenvalue weighted by Crippen LogP contribution is 2.61. The van der Waals surface area contributed by atoms with Crippen LogP contribution in [0.3, 0.4) is 0 Å². The summed E-state index contributed by atoms with van der Waals surface area (Å²) >= 11 is 0. The van der Waals surface area contributed by atoms with Crippen LogP contribution in [0.2, 0.25) is 0 Å². The fourth-order valence-corrected chi connectivity index (χ4v) is 6.48. The Bertz CT molecular complexity index is 989. The van der Waals surface area contributed by atoms with Gasteiger partial charge >= 0.3 is 0 Å². The summed E-state index contributed by atoms with van der Waals surface area (Å²) in [7, 11) is 0. The summed E-state index contributed by atoms with van der Waals surface area (Å²) in [6.45, 7) is 2.34. The lowest BCUT2D eigenvalue weighted by molar-refractivity contribution is 0.453. The van der Waals surface area contributed by atoms with E-state index >= 15 is 0 Å². The molecule has 30 heavy (non-hydrogen) atoms. The van der Waals surface area contributed by atoms with Crippen LogP contribution < -0.4 is 5.32 Å². The van der Waals surface area contributed by atoms with Crippen LogP contribution in [0.25, 0.3) is 0 Å². The predicted octanol–water partition coefficient (Wildman–Crippen LogP) is 6.07. The van der Waals surface area contributed by atoms with E-state index in [4.69, 9.17) is 0 Å². The van der Waals surface area contributed by atoms with E-state index in [0.29, 0.717) is 5.92 Å². The highest BCUT2D eigenvalue weighted by Gasteiger charge is 2.51. The third-order valence-corrected chi connectivity index (χ3v) is 8.03. The van der Waals surface area contributed by atoms with E-state index < -0.39 is 0 Å². The molecule has 3 aliphatic carbocycles. The molecule has 0 aliphatic heterocycles. The smallest absolute Gasteiger partial charge is 0.0218 e. The molecule has 152 valence electrons. The van der Waals surface area contributed by atoms with Crippen molar-refractivity contribution in [3.63, 3.8) is 0 Å². The van der Waals surface area contributed by atoms with Gasteiger partial charge in [0.15, 0.2) is 0 Å². The maximum absolute atomic E-state index is 3.79. The average molecular weight is 394 g/mol. The van der Waals surface area contributed by atoms with Crippen molar-refractivity contribution in [2.75, 3.05) is 13.1 Å². The van der Waals surface area contributed by atoms with Crippen LogP contribution >= 0.6 is 0 Å². The summed E-state index contributed by atoms with van der Waals surface area (Å²) in [5, 5.41) is 3.79. The van der Waals surface area contributed by atoms with Crippen LogP contribution in [0.15, 0.2) is 78.9 Å². The minimum Gasteiger partial charge on any atom is -0.316 e. The molecule has 0 spiro atoms. The van der Waals surface area contributed by atoms with Crippen molar-refractivity contribution in [3.8, 4) is 0 Å². The Kier molecular flexibility index (Phi) is 4.53. The number of hydrogen-bond acceptors (Lipinski definition) is 1. The van der Waals surface area contributed by atoms with Crippen molar-refractivity contribution in [1.82, 2.24) is 5.32 Å². The molecule has 6 rings (SSSR count). The minimum absolute atomic E-state index is 0.259. The molecule has 1 nitrogen and oxygen atoms in total. The van der Waals surface area contributed by atoms with Gasteiger partial charge in [0.05, 0.1) is 0 Å². The molecule has 2 bridgehead atoms. The van der Waals surface area contributed by atoms with Crippen molar-refractivity contribution in [3.05, 3.63) is 107 Å². The van der Waals surface area contributed by atoms with Crippen LogP contribution in [0, 0.1) is 11.8 Å². The first-order valence-electron chi connectivity index (χ1n) is 11.8. The second-order valence-electron chi connectivity index (χ2n) is 9.77. The third kappa shape index (κ3) is 3.03. The van der Waals surface area contributed by atoms with E-state index in [-0.39, 0.29) is 5.41 Å². The van der Waals surface area contributed by atoms with Gasteiger partial charge in [0.2, 0.25) is 0 Å². The molecule has 0 heterocycles. The molecule has 3 aromatic carbocycles. The van der Waals surface area contributed by atoms with Gasteiger partial charge in [-0.05, 0) is 84.8 Å². The Balaban J connectivity index is 1.05. The maximum Gasteiger partial charge on any atom is 0.0218 e. The van der Waals surface area contributed by atoms with E-state index in [1.54, 1.807) is 22.3 Å². The van der Waals surface area contributed by atoms with E-state index in [0.717, 1.165) is 18.4 Å². The Morgan fingerprint density at radius 1 is 0.767 bits per heavy atom. The summed E-state index contributed by atoms with van der Waals surface area (Å²) in [6, 6.07) is 29.4. The number of rotatable bonds is 8. The predicted molar refractivity (Wildman–Crippen MR) is 124 cm³/mol. The molecular weight excluding hydrogens is 362 g/mol. The van der Waals surface area contributed by atoms with Crippen LogP contribution in [0.5, 0.6) is 0 Å². The molecule has 1 saturated carbocycles. The van der Waals surface area contributed by atoms with Gasteiger partial charge < -0.3 is 5.32 Å². The van der Waals surface area contributed by atoms with Crippen molar-refractivity contribution in [2.45, 2.75) is 43.4 Å². The number of benzene rings is 3. The van der Waals surface area contributed by atoms with Crippen LogP contribution in [-0.2, 0) is 11.8 Å². The highest BCUT2D eigenvalue weighted by molar-refractivity contribution is 5.62. The fourth-order valence-electron chi connectivity index (χ4n) is 6.48. The summed E-state index contributed by atoms with van der Waals surface area (Å²) in [5.74, 6) is 2.39. The lowest BCUT2D eigenvalue weighted by Gasteiger charge is -2.31. The van der Waals surface area contributed by atoms with E-state index in [1.165, 1.54) is 44.2 Å². The maximum atomic E-state index is 3.79. The first-order chi connectivity index (χ1) is 14.9. The Morgan fingerprint density at radius 2 is 1.43 bits per heavy atom.